The van der Waals surface area contributed by atoms with Gasteiger partial charge in [-0.3, -0.25) is 9.69 Å². The Morgan fingerprint density at radius 2 is 1.79 bits per heavy atom. The summed E-state index contributed by atoms with van der Waals surface area (Å²) >= 11 is 0. The SMILES string of the molecule is CCOc1ccccc1NC(=O)c1cccc(CN2CCN(S(C)(=O)=O)CC2)c1. The maximum atomic E-state index is 12.7. The van der Waals surface area contributed by atoms with E-state index in [1.54, 1.807) is 6.07 Å². The van der Waals surface area contributed by atoms with Crippen molar-refractivity contribution in [2.24, 2.45) is 0 Å². The molecule has 0 aromatic heterocycles. The molecule has 3 rings (SSSR count). The summed E-state index contributed by atoms with van der Waals surface area (Å²) in [6.45, 7) is 5.43. The summed E-state index contributed by atoms with van der Waals surface area (Å²) in [6.07, 6.45) is 1.24. The van der Waals surface area contributed by atoms with Gasteiger partial charge in [0.05, 0.1) is 18.6 Å². The van der Waals surface area contributed by atoms with Gasteiger partial charge in [-0.25, -0.2) is 8.42 Å². The summed E-state index contributed by atoms with van der Waals surface area (Å²) in [4.78, 5) is 14.9. The molecule has 0 atom stereocenters. The Morgan fingerprint density at radius 3 is 2.48 bits per heavy atom. The predicted molar refractivity (Wildman–Crippen MR) is 114 cm³/mol. The molecule has 2 aromatic rings. The lowest BCUT2D eigenvalue weighted by Crippen LogP contribution is -2.47. The molecule has 0 radical (unpaired) electrons. The molecule has 0 bridgehead atoms. The van der Waals surface area contributed by atoms with Crippen LogP contribution in [0.3, 0.4) is 0 Å². The molecule has 1 heterocycles. The highest BCUT2D eigenvalue weighted by molar-refractivity contribution is 7.88. The number of para-hydroxylation sites is 2. The number of piperazine rings is 1. The Kier molecular flexibility index (Phi) is 6.89. The number of anilines is 1. The van der Waals surface area contributed by atoms with E-state index >= 15 is 0 Å². The van der Waals surface area contributed by atoms with Crippen LogP contribution in [0.2, 0.25) is 0 Å². The van der Waals surface area contributed by atoms with Gasteiger partial charge in [0, 0.05) is 38.3 Å². The molecule has 1 saturated heterocycles. The van der Waals surface area contributed by atoms with E-state index in [4.69, 9.17) is 4.74 Å². The molecule has 8 heteroatoms. The van der Waals surface area contributed by atoms with Crippen LogP contribution in [0.15, 0.2) is 48.5 Å². The van der Waals surface area contributed by atoms with E-state index in [1.165, 1.54) is 10.6 Å². The lowest BCUT2D eigenvalue weighted by atomic mass is 10.1. The maximum Gasteiger partial charge on any atom is 0.255 e. The average Bonchev–Trinajstić information content (AvgIpc) is 2.69. The summed E-state index contributed by atoms with van der Waals surface area (Å²) in [5.41, 5.74) is 2.23. The number of rotatable bonds is 7. The summed E-state index contributed by atoms with van der Waals surface area (Å²) in [6, 6.07) is 14.9. The highest BCUT2D eigenvalue weighted by atomic mass is 32.2. The molecule has 0 aliphatic carbocycles. The van der Waals surface area contributed by atoms with Crippen molar-refractivity contribution in [2.75, 3.05) is 44.4 Å². The molecule has 1 aliphatic rings. The molecule has 0 unspecified atom stereocenters. The van der Waals surface area contributed by atoms with Gasteiger partial charge in [-0.05, 0) is 36.8 Å². The van der Waals surface area contributed by atoms with Crippen molar-refractivity contribution < 1.29 is 17.9 Å². The largest absolute Gasteiger partial charge is 0.492 e. The first kappa shape index (κ1) is 21.3. The summed E-state index contributed by atoms with van der Waals surface area (Å²) in [5, 5.41) is 2.91. The van der Waals surface area contributed by atoms with E-state index in [9.17, 15) is 13.2 Å². The minimum absolute atomic E-state index is 0.194. The number of sulfonamides is 1. The Morgan fingerprint density at radius 1 is 1.07 bits per heavy atom. The lowest BCUT2D eigenvalue weighted by Gasteiger charge is -2.33. The molecular formula is C21H27N3O4S. The van der Waals surface area contributed by atoms with Gasteiger partial charge < -0.3 is 10.1 Å². The fraction of sp³-hybridized carbons (Fsp3) is 0.381. The van der Waals surface area contributed by atoms with E-state index < -0.39 is 10.0 Å². The van der Waals surface area contributed by atoms with Crippen molar-refractivity contribution in [3.63, 3.8) is 0 Å². The number of carbonyl (C=O) groups is 1. The molecule has 1 fully saturated rings. The number of nitrogens with zero attached hydrogens (tertiary/aromatic N) is 2. The van der Waals surface area contributed by atoms with Crippen LogP contribution >= 0.6 is 0 Å². The monoisotopic (exact) mass is 417 g/mol. The quantitative estimate of drug-likeness (QED) is 0.749. The standard InChI is InChI=1S/C21H27N3O4S/c1-3-28-20-10-5-4-9-19(20)22-21(25)18-8-6-7-17(15-18)16-23-11-13-24(14-12-23)29(2,26)27/h4-10,15H,3,11-14,16H2,1-2H3,(H,22,25). The van der Waals surface area contributed by atoms with Crippen LogP contribution in [0.25, 0.3) is 0 Å². The number of carbonyl (C=O) groups excluding carboxylic acids is 1. The van der Waals surface area contributed by atoms with Crippen molar-refractivity contribution >= 4 is 21.6 Å². The topological polar surface area (TPSA) is 79.0 Å². The van der Waals surface area contributed by atoms with Crippen LogP contribution in [0.5, 0.6) is 5.75 Å². The van der Waals surface area contributed by atoms with Gasteiger partial charge in [0.1, 0.15) is 5.75 Å². The average molecular weight is 418 g/mol. The molecule has 1 N–H and O–H groups in total. The zero-order valence-corrected chi connectivity index (χ0v) is 17.6. The van der Waals surface area contributed by atoms with Crippen LogP contribution < -0.4 is 10.1 Å². The zero-order valence-electron chi connectivity index (χ0n) is 16.8. The summed E-state index contributed by atoms with van der Waals surface area (Å²) < 4.78 is 30.3. The van der Waals surface area contributed by atoms with Crippen LogP contribution in [0.4, 0.5) is 5.69 Å². The molecular weight excluding hydrogens is 390 g/mol. The van der Waals surface area contributed by atoms with Gasteiger partial charge >= 0.3 is 0 Å². The Labute approximate surface area is 172 Å². The summed E-state index contributed by atoms with van der Waals surface area (Å²) in [5.74, 6) is 0.448. The van der Waals surface area contributed by atoms with Crippen LogP contribution in [-0.2, 0) is 16.6 Å². The second-order valence-electron chi connectivity index (χ2n) is 7.02. The third kappa shape index (κ3) is 5.79. The van der Waals surface area contributed by atoms with Crippen LogP contribution in [0.1, 0.15) is 22.8 Å². The number of benzene rings is 2. The molecule has 2 aromatic carbocycles. The molecule has 156 valence electrons. The van der Waals surface area contributed by atoms with Gasteiger partial charge in [0.25, 0.3) is 5.91 Å². The van der Waals surface area contributed by atoms with E-state index in [1.807, 2.05) is 49.4 Å². The number of hydrogen-bond donors (Lipinski definition) is 1. The van der Waals surface area contributed by atoms with Gasteiger partial charge in [0.2, 0.25) is 10.0 Å². The van der Waals surface area contributed by atoms with Gasteiger partial charge in [-0.1, -0.05) is 24.3 Å². The van der Waals surface area contributed by atoms with Crippen molar-refractivity contribution in [2.45, 2.75) is 13.5 Å². The Balaban J connectivity index is 1.63. The molecule has 7 nitrogen and oxygen atoms in total. The second-order valence-corrected chi connectivity index (χ2v) is 9.00. The van der Waals surface area contributed by atoms with Crippen molar-refractivity contribution in [3.05, 3.63) is 59.7 Å². The second kappa shape index (κ2) is 9.39. The summed E-state index contributed by atoms with van der Waals surface area (Å²) in [7, 11) is -3.13. The number of hydrogen-bond acceptors (Lipinski definition) is 5. The molecule has 0 saturated carbocycles. The van der Waals surface area contributed by atoms with Crippen LogP contribution in [0, 0.1) is 0 Å². The molecule has 29 heavy (non-hydrogen) atoms. The van der Waals surface area contributed by atoms with E-state index in [2.05, 4.69) is 10.2 Å². The minimum atomic E-state index is -3.13. The van der Waals surface area contributed by atoms with E-state index in [-0.39, 0.29) is 5.91 Å². The third-order valence-corrected chi connectivity index (χ3v) is 6.13. The molecule has 1 aliphatic heterocycles. The molecule has 1 amide bonds. The first-order valence-electron chi connectivity index (χ1n) is 9.66. The number of nitrogens with one attached hydrogen (secondary N) is 1. The minimum Gasteiger partial charge on any atom is -0.492 e. The predicted octanol–water partition coefficient (Wildman–Crippen LogP) is 2.41. The maximum absolute atomic E-state index is 12.7. The smallest absolute Gasteiger partial charge is 0.255 e. The van der Waals surface area contributed by atoms with E-state index in [0.717, 1.165) is 5.56 Å². The van der Waals surface area contributed by atoms with Crippen molar-refractivity contribution in [1.29, 1.82) is 0 Å². The van der Waals surface area contributed by atoms with Gasteiger partial charge in [0.15, 0.2) is 0 Å². The Hall–Kier alpha value is -2.42. The van der Waals surface area contributed by atoms with Crippen molar-refractivity contribution in [1.82, 2.24) is 9.21 Å². The highest BCUT2D eigenvalue weighted by Gasteiger charge is 2.23. The van der Waals surface area contributed by atoms with Crippen molar-refractivity contribution in [3.8, 4) is 5.75 Å². The van der Waals surface area contributed by atoms with Gasteiger partial charge in [-0.15, -0.1) is 0 Å². The number of ether oxygens (including phenoxy) is 1. The third-order valence-electron chi connectivity index (χ3n) is 4.83. The van der Waals surface area contributed by atoms with Crippen LogP contribution in [-0.4, -0.2) is 62.6 Å². The fourth-order valence-corrected chi connectivity index (χ4v) is 4.16. The normalized spacial score (nSPS) is 15.8. The first-order chi connectivity index (χ1) is 13.9. The number of amides is 1. The highest BCUT2D eigenvalue weighted by Crippen LogP contribution is 2.24. The zero-order chi connectivity index (χ0) is 20.9. The van der Waals surface area contributed by atoms with Gasteiger partial charge in [-0.2, -0.15) is 4.31 Å². The fourth-order valence-electron chi connectivity index (χ4n) is 3.33. The Bertz CT molecular complexity index is 954. The first-order valence-corrected chi connectivity index (χ1v) is 11.5. The molecule has 0 spiro atoms. The lowest BCUT2D eigenvalue weighted by molar-refractivity contribution is 0.102. The van der Waals surface area contributed by atoms with E-state index in [0.29, 0.717) is 56.3 Å².